The van der Waals surface area contributed by atoms with Gasteiger partial charge in [-0.2, -0.15) is 0 Å². The second-order valence-corrected chi connectivity index (χ2v) is 2.19. The van der Waals surface area contributed by atoms with Crippen LogP contribution in [0.5, 0.6) is 0 Å². The first-order chi connectivity index (χ1) is 4.24. The third-order valence-corrected chi connectivity index (χ3v) is 1.41. The molecule has 0 saturated heterocycles. The van der Waals surface area contributed by atoms with Gasteiger partial charge in [0.1, 0.15) is 18.1 Å². The van der Waals surface area contributed by atoms with Crippen LogP contribution in [0.1, 0.15) is 17.1 Å². The molecule has 0 aliphatic heterocycles. The predicted octanol–water partition coefficient (Wildman–Crippen LogP) is 0.638. The molecule has 2 nitrogen and oxygen atoms in total. The van der Waals surface area contributed by atoms with Crippen molar-refractivity contribution in [3.63, 3.8) is 0 Å². The third-order valence-electron chi connectivity index (χ3n) is 1.41. The van der Waals surface area contributed by atoms with Crippen LogP contribution in [0.4, 0.5) is 0 Å². The molecule has 0 unspecified atom stereocenters. The average molecular weight is 126 g/mol. The highest BCUT2D eigenvalue weighted by atomic mass is 16.3. The van der Waals surface area contributed by atoms with E-state index in [0.29, 0.717) is 0 Å². The van der Waals surface area contributed by atoms with Crippen LogP contribution in [0.15, 0.2) is 10.5 Å². The summed E-state index contributed by atoms with van der Waals surface area (Å²) >= 11 is 0. The highest BCUT2D eigenvalue weighted by molar-refractivity contribution is 5.18. The van der Waals surface area contributed by atoms with Crippen LogP contribution >= 0.6 is 0 Å². The van der Waals surface area contributed by atoms with Gasteiger partial charge in [-0.15, -0.1) is 0 Å². The SMILES string of the molecule is Cc1cc(C[NH3+])c(C)o1. The fourth-order valence-electron chi connectivity index (χ4n) is 0.932. The Morgan fingerprint density at radius 3 is 2.44 bits per heavy atom. The van der Waals surface area contributed by atoms with Crippen molar-refractivity contribution in [2.75, 3.05) is 0 Å². The molecular formula is C7H12NO+. The monoisotopic (exact) mass is 126 g/mol. The average Bonchev–Trinajstić information content (AvgIpc) is 2.10. The lowest BCUT2D eigenvalue weighted by Gasteiger charge is -1.84. The van der Waals surface area contributed by atoms with Crippen LogP contribution in [0.3, 0.4) is 0 Å². The van der Waals surface area contributed by atoms with Gasteiger partial charge in [-0.1, -0.05) is 0 Å². The molecule has 1 aromatic rings. The smallest absolute Gasteiger partial charge is 0.109 e. The Hall–Kier alpha value is -0.760. The Bertz CT molecular complexity index is 203. The molecule has 3 N–H and O–H groups in total. The van der Waals surface area contributed by atoms with E-state index in [2.05, 4.69) is 5.73 Å². The highest BCUT2D eigenvalue weighted by Gasteiger charge is 2.01. The first-order valence-corrected chi connectivity index (χ1v) is 3.09. The Kier molecular flexibility index (Phi) is 1.58. The lowest BCUT2D eigenvalue weighted by molar-refractivity contribution is -0.386. The van der Waals surface area contributed by atoms with Crippen LogP contribution in [-0.2, 0) is 6.54 Å². The van der Waals surface area contributed by atoms with Crippen molar-refractivity contribution < 1.29 is 10.2 Å². The van der Waals surface area contributed by atoms with Gasteiger partial charge in [0, 0.05) is 5.56 Å². The molecule has 0 bridgehead atoms. The molecule has 0 spiro atoms. The van der Waals surface area contributed by atoms with E-state index in [-0.39, 0.29) is 0 Å². The van der Waals surface area contributed by atoms with Crippen LogP contribution in [0.2, 0.25) is 0 Å². The summed E-state index contributed by atoms with van der Waals surface area (Å²) in [4.78, 5) is 0. The number of rotatable bonds is 1. The first-order valence-electron chi connectivity index (χ1n) is 3.09. The Morgan fingerprint density at radius 1 is 1.56 bits per heavy atom. The van der Waals surface area contributed by atoms with E-state index in [9.17, 15) is 0 Å². The molecule has 1 aromatic heterocycles. The van der Waals surface area contributed by atoms with Crippen LogP contribution in [-0.4, -0.2) is 0 Å². The minimum Gasteiger partial charge on any atom is -0.466 e. The Labute approximate surface area is 54.7 Å². The summed E-state index contributed by atoms with van der Waals surface area (Å²) in [5.41, 5.74) is 4.99. The fraction of sp³-hybridized carbons (Fsp3) is 0.429. The van der Waals surface area contributed by atoms with Crippen LogP contribution in [0, 0.1) is 13.8 Å². The molecule has 0 aromatic carbocycles. The number of aryl methyl sites for hydroxylation is 2. The highest BCUT2D eigenvalue weighted by Crippen LogP contribution is 2.11. The molecule has 0 aliphatic rings. The van der Waals surface area contributed by atoms with Gasteiger partial charge in [-0.3, -0.25) is 0 Å². The molecule has 1 rings (SSSR count). The summed E-state index contributed by atoms with van der Waals surface area (Å²) in [5.74, 6) is 1.98. The van der Waals surface area contributed by atoms with Crippen molar-refractivity contribution in [3.8, 4) is 0 Å². The van der Waals surface area contributed by atoms with Crippen molar-refractivity contribution in [1.82, 2.24) is 0 Å². The van der Waals surface area contributed by atoms with E-state index in [1.807, 2.05) is 19.9 Å². The van der Waals surface area contributed by atoms with Gasteiger partial charge in [0.15, 0.2) is 0 Å². The predicted molar refractivity (Wildman–Crippen MR) is 34.8 cm³/mol. The number of quaternary nitrogens is 1. The van der Waals surface area contributed by atoms with Crippen LogP contribution in [0.25, 0.3) is 0 Å². The summed E-state index contributed by atoms with van der Waals surface area (Å²) in [6.45, 7) is 4.74. The molecule has 0 amide bonds. The zero-order chi connectivity index (χ0) is 6.85. The molecule has 9 heavy (non-hydrogen) atoms. The molecule has 0 saturated carbocycles. The van der Waals surface area contributed by atoms with Crippen molar-refractivity contribution in [3.05, 3.63) is 23.2 Å². The molecule has 0 radical (unpaired) electrons. The van der Waals surface area contributed by atoms with Gasteiger partial charge in [0.05, 0.1) is 0 Å². The Balaban J connectivity index is 3.01. The normalized spacial score (nSPS) is 10.1. The number of hydrogen-bond acceptors (Lipinski definition) is 1. The first kappa shape index (κ1) is 6.36. The fourth-order valence-corrected chi connectivity index (χ4v) is 0.932. The second-order valence-electron chi connectivity index (χ2n) is 2.19. The van der Waals surface area contributed by atoms with E-state index in [1.165, 1.54) is 5.56 Å². The van der Waals surface area contributed by atoms with Gasteiger partial charge >= 0.3 is 0 Å². The van der Waals surface area contributed by atoms with Gasteiger partial charge in [0.25, 0.3) is 0 Å². The van der Waals surface area contributed by atoms with Gasteiger partial charge in [-0.25, -0.2) is 0 Å². The lowest BCUT2D eigenvalue weighted by atomic mass is 10.2. The summed E-state index contributed by atoms with van der Waals surface area (Å²) in [5, 5.41) is 0. The van der Waals surface area contributed by atoms with Crippen molar-refractivity contribution in [2.45, 2.75) is 20.4 Å². The zero-order valence-electron chi connectivity index (χ0n) is 5.90. The van der Waals surface area contributed by atoms with E-state index < -0.39 is 0 Å². The van der Waals surface area contributed by atoms with E-state index in [0.717, 1.165) is 18.1 Å². The van der Waals surface area contributed by atoms with Gasteiger partial charge in [-0.05, 0) is 19.9 Å². The number of furan rings is 1. The molecular weight excluding hydrogens is 114 g/mol. The maximum absolute atomic E-state index is 5.27. The molecule has 1 heterocycles. The standard InChI is InChI=1S/C7H11NO/c1-5-3-7(4-8)6(2)9-5/h3H,4,8H2,1-2H3/p+1. The summed E-state index contributed by atoms with van der Waals surface area (Å²) in [6.07, 6.45) is 0. The lowest BCUT2D eigenvalue weighted by Crippen LogP contribution is -2.47. The summed E-state index contributed by atoms with van der Waals surface area (Å²) in [7, 11) is 0. The maximum atomic E-state index is 5.27. The minimum atomic E-state index is 0.823. The number of hydrogen-bond donors (Lipinski definition) is 1. The largest absolute Gasteiger partial charge is 0.466 e. The van der Waals surface area contributed by atoms with Gasteiger partial charge in [0.2, 0.25) is 0 Å². The molecule has 2 heteroatoms. The molecule has 0 fully saturated rings. The van der Waals surface area contributed by atoms with E-state index in [1.54, 1.807) is 0 Å². The van der Waals surface area contributed by atoms with Gasteiger partial charge < -0.3 is 10.2 Å². The van der Waals surface area contributed by atoms with E-state index >= 15 is 0 Å². The molecule has 0 atom stereocenters. The Morgan fingerprint density at radius 2 is 2.22 bits per heavy atom. The van der Waals surface area contributed by atoms with E-state index in [4.69, 9.17) is 4.42 Å². The topological polar surface area (TPSA) is 40.8 Å². The quantitative estimate of drug-likeness (QED) is 0.589. The minimum absolute atomic E-state index is 0.823. The second kappa shape index (κ2) is 2.23. The zero-order valence-corrected chi connectivity index (χ0v) is 5.90. The van der Waals surface area contributed by atoms with Crippen LogP contribution < -0.4 is 5.73 Å². The van der Waals surface area contributed by atoms with Crippen molar-refractivity contribution in [2.24, 2.45) is 0 Å². The van der Waals surface area contributed by atoms with Crippen molar-refractivity contribution in [1.29, 1.82) is 0 Å². The summed E-state index contributed by atoms with van der Waals surface area (Å²) in [6, 6.07) is 2.03. The summed E-state index contributed by atoms with van der Waals surface area (Å²) < 4.78 is 5.27. The molecule has 0 aliphatic carbocycles. The molecule has 50 valence electrons. The third kappa shape index (κ3) is 1.13. The van der Waals surface area contributed by atoms with Crippen molar-refractivity contribution >= 4 is 0 Å². The maximum Gasteiger partial charge on any atom is 0.109 e.